The molecule has 2 heterocycles. The van der Waals surface area contributed by atoms with Gasteiger partial charge in [0.15, 0.2) is 0 Å². The molecule has 0 fully saturated rings. The number of hydrogen-bond donors (Lipinski definition) is 0. The number of benzene rings is 2. The van der Waals surface area contributed by atoms with Crippen LogP contribution < -0.4 is 24.0 Å². The van der Waals surface area contributed by atoms with Crippen LogP contribution in [0, 0.1) is 6.92 Å². The molecular weight excluding hydrogens is 397 g/mol. The molecule has 0 aliphatic carbocycles. The van der Waals surface area contributed by atoms with E-state index in [1.807, 2.05) is 62.3 Å². The van der Waals surface area contributed by atoms with E-state index < -0.39 is 5.97 Å². The van der Waals surface area contributed by atoms with Crippen molar-refractivity contribution in [1.82, 2.24) is 14.4 Å². The van der Waals surface area contributed by atoms with Gasteiger partial charge in [-0.25, -0.2) is 0 Å². The SMILES string of the molecule is Cc1cc(C(=O)[O-])cn1-c1ccccc1C(=O)N1Cc2ccccc2C[C@H]1CN(C)C.[Li+]. The van der Waals surface area contributed by atoms with Gasteiger partial charge in [-0.15, -0.1) is 0 Å². The molecular formula is C25H26LiN3O3. The molecule has 0 N–H and O–H groups in total. The summed E-state index contributed by atoms with van der Waals surface area (Å²) >= 11 is 0. The van der Waals surface area contributed by atoms with E-state index in [0.717, 1.165) is 18.7 Å². The molecule has 7 heteroatoms. The van der Waals surface area contributed by atoms with Gasteiger partial charge in [-0.1, -0.05) is 36.4 Å². The van der Waals surface area contributed by atoms with Crippen molar-refractivity contribution in [2.75, 3.05) is 20.6 Å². The van der Waals surface area contributed by atoms with Gasteiger partial charge in [-0.05, 0) is 56.8 Å². The Kier molecular flexibility index (Phi) is 7.30. The molecule has 6 nitrogen and oxygen atoms in total. The van der Waals surface area contributed by atoms with Crippen molar-refractivity contribution in [3.63, 3.8) is 0 Å². The Bertz CT molecular complexity index is 1140. The summed E-state index contributed by atoms with van der Waals surface area (Å²) in [7, 11) is 4.03. The fourth-order valence-electron chi connectivity index (χ4n) is 4.37. The Morgan fingerprint density at radius 3 is 2.38 bits per heavy atom. The van der Waals surface area contributed by atoms with Gasteiger partial charge in [0.1, 0.15) is 0 Å². The van der Waals surface area contributed by atoms with Crippen LogP contribution in [0.3, 0.4) is 0 Å². The maximum absolute atomic E-state index is 13.8. The second kappa shape index (κ2) is 9.79. The summed E-state index contributed by atoms with van der Waals surface area (Å²) in [5, 5.41) is 11.3. The van der Waals surface area contributed by atoms with Gasteiger partial charge in [-0.3, -0.25) is 4.79 Å². The van der Waals surface area contributed by atoms with Crippen molar-refractivity contribution in [3.05, 3.63) is 88.7 Å². The van der Waals surface area contributed by atoms with Crippen LogP contribution in [0.4, 0.5) is 0 Å². The minimum Gasteiger partial charge on any atom is -0.545 e. The molecule has 1 aliphatic heterocycles. The van der Waals surface area contributed by atoms with Crippen LogP contribution in [0.5, 0.6) is 0 Å². The van der Waals surface area contributed by atoms with E-state index in [2.05, 4.69) is 17.0 Å². The van der Waals surface area contributed by atoms with Gasteiger partial charge < -0.3 is 24.3 Å². The average Bonchev–Trinajstić information content (AvgIpc) is 3.14. The number of hydrogen-bond acceptors (Lipinski definition) is 4. The first-order valence-corrected chi connectivity index (χ1v) is 10.4. The molecule has 160 valence electrons. The van der Waals surface area contributed by atoms with Crippen molar-refractivity contribution in [2.45, 2.75) is 25.9 Å². The molecule has 1 aromatic heterocycles. The quantitative estimate of drug-likeness (QED) is 0.508. The van der Waals surface area contributed by atoms with Crippen LogP contribution >= 0.6 is 0 Å². The fourth-order valence-corrected chi connectivity index (χ4v) is 4.37. The number of fused-ring (bicyclic) bond motifs is 1. The number of carbonyl (C=O) groups is 2. The zero-order valence-corrected chi connectivity index (χ0v) is 19.0. The van der Waals surface area contributed by atoms with Gasteiger partial charge >= 0.3 is 18.9 Å². The molecule has 2 aromatic carbocycles. The monoisotopic (exact) mass is 423 g/mol. The van der Waals surface area contributed by atoms with Crippen LogP contribution in [0.25, 0.3) is 5.69 Å². The van der Waals surface area contributed by atoms with E-state index in [0.29, 0.717) is 17.8 Å². The topological polar surface area (TPSA) is 68.6 Å². The maximum Gasteiger partial charge on any atom is 1.00 e. The van der Waals surface area contributed by atoms with Crippen LogP contribution in [0.1, 0.15) is 37.5 Å². The number of nitrogens with zero attached hydrogens (tertiary/aromatic N) is 3. The molecule has 0 saturated carbocycles. The molecule has 32 heavy (non-hydrogen) atoms. The molecule has 0 spiro atoms. The van der Waals surface area contributed by atoms with Crippen molar-refractivity contribution in [3.8, 4) is 5.69 Å². The van der Waals surface area contributed by atoms with E-state index in [9.17, 15) is 14.7 Å². The van der Waals surface area contributed by atoms with Crippen molar-refractivity contribution in [1.29, 1.82) is 0 Å². The third-order valence-corrected chi connectivity index (χ3v) is 5.83. The largest absolute Gasteiger partial charge is 1.00 e. The summed E-state index contributed by atoms with van der Waals surface area (Å²) in [5.74, 6) is -1.29. The predicted octanol–water partition coefficient (Wildman–Crippen LogP) is -0.718. The molecule has 1 atom stereocenters. The number of carboxylic acids is 1. The molecule has 0 saturated heterocycles. The van der Waals surface area contributed by atoms with E-state index in [4.69, 9.17) is 0 Å². The van der Waals surface area contributed by atoms with Gasteiger partial charge in [0.25, 0.3) is 5.91 Å². The summed E-state index contributed by atoms with van der Waals surface area (Å²) in [5.41, 5.74) is 4.49. The Balaban J connectivity index is 0.00000289. The molecule has 4 rings (SSSR count). The number of carboxylic acid groups (broad SMARTS) is 1. The summed E-state index contributed by atoms with van der Waals surface area (Å²) in [6.07, 6.45) is 2.32. The van der Waals surface area contributed by atoms with Crippen LogP contribution in [0.2, 0.25) is 0 Å². The van der Waals surface area contributed by atoms with Crippen LogP contribution in [-0.2, 0) is 13.0 Å². The van der Waals surface area contributed by atoms with Gasteiger partial charge in [-0.2, -0.15) is 0 Å². The Morgan fingerprint density at radius 2 is 1.72 bits per heavy atom. The number of aromatic carboxylic acids is 1. The smallest absolute Gasteiger partial charge is 0.545 e. The summed E-state index contributed by atoms with van der Waals surface area (Å²) in [6.45, 7) is 3.14. The zero-order valence-electron chi connectivity index (χ0n) is 19.0. The third-order valence-electron chi connectivity index (χ3n) is 5.83. The first-order valence-electron chi connectivity index (χ1n) is 10.4. The van der Waals surface area contributed by atoms with E-state index in [-0.39, 0.29) is 36.4 Å². The minimum atomic E-state index is -1.23. The summed E-state index contributed by atoms with van der Waals surface area (Å²) in [4.78, 5) is 29.2. The van der Waals surface area contributed by atoms with Gasteiger partial charge in [0.05, 0.1) is 17.2 Å². The number of aryl methyl sites for hydroxylation is 1. The van der Waals surface area contributed by atoms with E-state index in [1.54, 1.807) is 10.6 Å². The Morgan fingerprint density at radius 1 is 1.06 bits per heavy atom. The molecule has 0 bridgehead atoms. The first kappa shape index (κ1) is 23.9. The Hall–Kier alpha value is -2.78. The predicted molar refractivity (Wildman–Crippen MR) is 117 cm³/mol. The van der Waals surface area contributed by atoms with Crippen LogP contribution in [0.15, 0.2) is 60.8 Å². The number of aromatic nitrogens is 1. The maximum atomic E-state index is 13.8. The molecule has 0 unspecified atom stereocenters. The Labute approximate surface area is 200 Å². The molecule has 1 amide bonds. The number of amides is 1. The number of rotatable bonds is 5. The second-order valence-corrected chi connectivity index (χ2v) is 8.37. The molecule has 3 aromatic rings. The van der Waals surface area contributed by atoms with Crippen LogP contribution in [-0.4, -0.2) is 52.9 Å². The fraction of sp³-hybridized carbons (Fsp3) is 0.280. The third kappa shape index (κ3) is 4.68. The first-order chi connectivity index (χ1) is 14.8. The zero-order chi connectivity index (χ0) is 22.1. The normalized spacial score (nSPS) is 15.2. The molecule has 1 aliphatic rings. The molecule has 0 radical (unpaired) electrons. The number of likely N-dealkylation sites (N-methyl/N-ethyl adjacent to an activating group) is 1. The number of para-hydroxylation sites is 1. The van der Waals surface area contributed by atoms with E-state index in [1.165, 1.54) is 17.3 Å². The second-order valence-electron chi connectivity index (χ2n) is 8.37. The van der Waals surface area contributed by atoms with Crippen molar-refractivity contribution in [2.24, 2.45) is 0 Å². The van der Waals surface area contributed by atoms with Gasteiger partial charge in [0, 0.05) is 36.6 Å². The minimum absolute atomic E-state index is 0. The summed E-state index contributed by atoms with van der Waals surface area (Å²) < 4.78 is 1.75. The van der Waals surface area contributed by atoms with E-state index >= 15 is 0 Å². The average molecular weight is 423 g/mol. The number of carbonyl (C=O) groups excluding carboxylic acids is 2. The standard InChI is InChI=1S/C25H27N3O3.Li/c1-17-12-20(25(30)31)15-27(17)23-11-7-6-10-22(23)24(29)28-14-19-9-5-4-8-18(19)13-21(28)16-26(2)3;/h4-12,15,21H,13-14,16H2,1-3H3,(H,30,31);/q;+1/p-1/t21-;/m0./s1. The van der Waals surface area contributed by atoms with Crippen molar-refractivity contribution < 1.29 is 33.6 Å². The summed E-state index contributed by atoms with van der Waals surface area (Å²) in [6, 6.07) is 17.2. The van der Waals surface area contributed by atoms with Crippen molar-refractivity contribution >= 4 is 11.9 Å². The van der Waals surface area contributed by atoms with Gasteiger partial charge in [0.2, 0.25) is 0 Å².